The van der Waals surface area contributed by atoms with Crippen molar-refractivity contribution in [2.24, 2.45) is 0 Å². The number of nitrogens with zero attached hydrogens (tertiary/aromatic N) is 2. The molecule has 0 fully saturated rings. The third-order valence-electron chi connectivity index (χ3n) is 4.58. The quantitative estimate of drug-likeness (QED) is 0.259. The van der Waals surface area contributed by atoms with Crippen molar-refractivity contribution < 1.29 is 8.42 Å². The minimum atomic E-state index is -4.12. The number of rotatable bonds is 10. The number of benzene rings is 2. The molecular formula is C22H24Cl4N2O2S. The highest BCUT2D eigenvalue weighted by atomic mass is 35.5. The van der Waals surface area contributed by atoms with Crippen molar-refractivity contribution in [2.75, 3.05) is 13.1 Å². The summed E-state index contributed by atoms with van der Waals surface area (Å²) >= 11 is 24.8. The van der Waals surface area contributed by atoms with Gasteiger partial charge in [0.15, 0.2) is 0 Å². The van der Waals surface area contributed by atoms with Crippen LogP contribution in [0, 0.1) is 0 Å². The molecule has 2 aromatic rings. The second-order valence-electron chi connectivity index (χ2n) is 6.61. The normalized spacial score (nSPS) is 12.5. The predicted octanol–water partition coefficient (Wildman–Crippen LogP) is 6.65. The number of hydrogen-bond acceptors (Lipinski definition) is 3. The average molecular weight is 522 g/mol. The molecule has 0 saturated carbocycles. The largest absolute Gasteiger partial charge is 0.357 e. The zero-order valence-electron chi connectivity index (χ0n) is 17.2. The van der Waals surface area contributed by atoms with E-state index in [9.17, 15) is 8.42 Å². The van der Waals surface area contributed by atoms with Crippen LogP contribution in [0.25, 0.3) is 0 Å². The van der Waals surface area contributed by atoms with E-state index in [1.807, 2.05) is 67.6 Å². The lowest BCUT2D eigenvalue weighted by Gasteiger charge is -2.28. The first-order valence-corrected chi connectivity index (χ1v) is 12.6. The summed E-state index contributed by atoms with van der Waals surface area (Å²) in [5.74, 6) is 0. The third-order valence-corrected chi connectivity index (χ3v) is 8.16. The SMILES string of the molecule is CCN(Cc1ccccc1)/C(Cl)=C(/C(Cl)=C(Cl)Cl)S(=O)(=O)N(CC)Cc1ccccc1. The fourth-order valence-corrected chi connectivity index (χ4v) is 5.83. The average Bonchev–Trinajstić information content (AvgIpc) is 2.76. The Morgan fingerprint density at radius 3 is 1.68 bits per heavy atom. The maximum Gasteiger partial charge on any atom is 0.247 e. The van der Waals surface area contributed by atoms with Gasteiger partial charge in [-0.3, -0.25) is 0 Å². The molecule has 168 valence electrons. The third kappa shape index (κ3) is 6.88. The van der Waals surface area contributed by atoms with Crippen molar-refractivity contribution in [1.29, 1.82) is 0 Å². The topological polar surface area (TPSA) is 40.6 Å². The Morgan fingerprint density at radius 1 is 0.774 bits per heavy atom. The Labute approximate surface area is 204 Å². The molecule has 0 N–H and O–H groups in total. The van der Waals surface area contributed by atoms with Crippen molar-refractivity contribution in [3.8, 4) is 0 Å². The smallest absolute Gasteiger partial charge is 0.247 e. The Balaban J connectivity index is 2.55. The van der Waals surface area contributed by atoms with Gasteiger partial charge < -0.3 is 4.90 Å². The van der Waals surface area contributed by atoms with E-state index in [1.165, 1.54) is 4.31 Å². The van der Waals surface area contributed by atoms with Gasteiger partial charge in [-0.15, -0.1) is 0 Å². The molecule has 0 aliphatic heterocycles. The number of halogens is 4. The van der Waals surface area contributed by atoms with Crippen molar-refractivity contribution >= 4 is 56.4 Å². The van der Waals surface area contributed by atoms with E-state index in [-0.39, 0.29) is 32.7 Å². The summed E-state index contributed by atoms with van der Waals surface area (Å²) in [7, 11) is -4.12. The first-order chi connectivity index (χ1) is 14.7. The minimum absolute atomic E-state index is 0.0401. The van der Waals surface area contributed by atoms with Crippen LogP contribution in [0.2, 0.25) is 0 Å². The minimum Gasteiger partial charge on any atom is -0.357 e. The molecule has 0 heterocycles. The van der Waals surface area contributed by atoms with Gasteiger partial charge >= 0.3 is 0 Å². The van der Waals surface area contributed by atoms with Crippen LogP contribution in [0.4, 0.5) is 0 Å². The van der Waals surface area contributed by atoms with Crippen LogP contribution in [0.15, 0.2) is 80.2 Å². The zero-order valence-corrected chi connectivity index (χ0v) is 21.1. The highest BCUT2D eigenvalue weighted by molar-refractivity contribution is 7.93. The second kappa shape index (κ2) is 12.1. The molecule has 0 atom stereocenters. The highest BCUT2D eigenvalue weighted by Gasteiger charge is 2.33. The van der Waals surface area contributed by atoms with E-state index < -0.39 is 10.0 Å². The van der Waals surface area contributed by atoms with Gasteiger partial charge in [0.05, 0.1) is 5.03 Å². The number of allylic oxidation sites excluding steroid dienone is 1. The Bertz CT molecular complexity index is 1020. The van der Waals surface area contributed by atoms with Gasteiger partial charge in [0.25, 0.3) is 0 Å². The monoisotopic (exact) mass is 520 g/mol. The van der Waals surface area contributed by atoms with E-state index >= 15 is 0 Å². The van der Waals surface area contributed by atoms with Gasteiger partial charge in [0.1, 0.15) is 14.6 Å². The van der Waals surface area contributed by atoms with Crippen LogP contribution in [0.3, 0.4) is 0 Å². The fraction of sp³-hybridized carbons (Fsp3) is 0.273. The lowest BCUT2D eigenvalue weighted by atomic mass is 10.2. The van der Waals surface area contributed by atoms with Crippen LogP contribution in [-0.2, 0) is 23.1 Å². The molecule has 0 spiro atoms. The summed E-state index contributed by atoms with van der Waals surface area (Å²) in [5, 5.41) is -0.354. The van der Waals surface area contributed by atoms with E-state index in [1.54, 1.807) is 11.8 Å². The van der Waals surface area contributed by atoms with E-state index in [4.69, 9.17) is 46.4 Å². The van der Waals surface area contributed by atoms with Crippen LogP contribution >= 0.6 is 46.4 Å². The Morgan fingerprint density at radius 2 is 1.26 bits per heavy atom. The molecule has 2 aromatic carbocycles. The number of hydrogen-bond donors (Lipinski definition) is 0. The highest BCUT2D eigenvalue weighted by Crippen LogP contribution is 2.36. The lowest BCUT2D eigenvalue weighted by molar-refractivity contribution is 0.374. The molecule has 0 aliphatic rings. The molecule has 0 bridgehead atoms. The molecule has 0 aromatic heterocycles. The van der Waals surface area contributed by atoms with Crippen molar-refractivity contribution in [2.45, 2.75) is 26.9 Å². The Hall–Kier alpha value is -1.21. The maximum absolute atomic E-state index is 13.6. The molecule has 0 aliphatic carbocycles. The van der Waals surface area contributed by atoms with Crippen molar-refractivity contribution in [3.63, 3.8) is 0 Å². The van der Waals surface area contributed by atoms with Gasteiger partial charge in [-0.1, -0.05) is 114 Å². The summed E-state index contributed by atoms with van der Waals surface area (Å²) in [5.41, 5.74) is 1.80. The molecule has 0 unspecified atom stereocenters. The van der Waals surface area contributed by atoms with Gasteiger partial charge in [0.2, 0.25) is 10.0 Å². The van der Waals surface area contributed by atoms with Crippen LogP contribution in [0.5, 0.6) is 0 Å². The van der Waals surface area contributed by atoms with Crippen LogP contribution in [0.1, 0.15) is 25.0 Å². The van der Waals surface area contributed by atoms with E-state index in [2.05, 4.69) is 0 Å². The first-order valence-electron chi connectivity index (χ1n) is 9.66. The molecule has 0 saturated heterocycles. The summed E-state index contributed by atoms with van der Waals surface area (Å²) in [6.07, 6.45) is 0. The van der Waals surface area contributed by atoms with Crippen LogP contribution < -0.4 is 0 Å². The van der Waals surface area contributed by atoms with E-state index in [0.717, 1.165) is 11.1 Å². The van der Waals surface area contributed by atoms with Gasteiger partial charge in [-0.2, -0.15) is 4.31 Å². The molecule has 2 rings (SSSR count). The second-order valence-corrected chi connectivity index (χ2v) is 10.2. The number of sulfonamides is 1. The summed E-state index contributed by atoms with van der Waals surface area (Å²) in [6, 6.07) is 18.8. The lowest BCUT2D eigenvalue weighted by Crippen LogP contribution is -2.34. The molecule has 0 amide bonds. The van der Waals surface area contributed by atoms with Crippen molar-refractivity contribution in [3.05, 3.63) is 91.4 Å². The summed E-state index contributed by atoms with van der Waals surface area (Å²) < 4.78 is 28.2. The summed E-state index contributed by atoms with van der Waals surface area (Å²) in [4.78, 5) is 1.39. The molecule has 31 heavy (non-hydrogen) atoms. The molecule has 4 nitrogen and oxygen atoms in total. The van der Waals surface area contributed by atoms with Gasteiger partial charge in [0, 0.05) is 26.2 Å². The van der Waals surface area contributed by atoms with Crippen LogP contribution in [-0.4, -0.2) is 30.7 Å². The standard InChI is InChI=1S/C22H24Cl4N2O2S/c1-3-27(15-17-11-7-5-8-12-17)22(26)20(19(23)21(24)25)31(29,30)28(4-2)16-18-13-9-6-10-14-18/h5-14H,3-4,15-16H2,1-2H3/b22-20-. The van der Waals surface area contributed by atoms with Crippen molar-refractivity contribution in [1.82, 2.24) is 9.21 Å². The predicted molar refractivity (Wildman–Crippen MR) is 131 cm³/mol. The molecular weight excluding hydrogens is 498 g/mol. The van der Waals surface area contributed by atoms with Gasteiger partial charge in [-0.25, -0.2) is 8.42 Å². The van der Waals surface area contributed by atoms with Gasteiger partial charge in [-0.05, 0) is 18.1 Å². The first kappa shape index (κ1) is 26.0. The summed E-state index contributed by atoms with van der Waals surface area (Å²) in [6.45, 7) is 4.82. The maximum atomic E-state index is 13.6. The molecule has 9 heteroatoms. The fourth-order valence-electron chi connectivity index (χ4n) is 2.95. The zero-order chi connectivity index (χ0) is 23.0. The Kier molecular flexibility index (Phi) is 10.2. The molecule has 0 radical (unpaired) electrons. The van der Waals surface area contributed by atoms with E-state index in [0.29, 0.717) is 13.1 Å².